The van der Waals surface area contributed by atoms with E-state index >= 15 is 0 Å². The zero-order valence-corrected chi connectivity index (χ0v) is 19.9. The van der Waals surface area contributed by atoms with E-state index in [1.165, 1.54) is 30.3 Å². The molecule has 5 nitrogen and oxygen atoms in total. The van der Waals surface area contributed by atoms with Crippen molar-refractivity contribution in [3.05, 3.63) is 81.9 Å². The van der Waals surface area contributed by atoms with E-state index in [4.69, 9.17) is 23.2 Å². The van der Waals surface area contributed by atoms with Crippen LogP contribution in [0, 0.1) is 11.6 Å². The highest BCUT2D eigenvalue weighted by Crippen LogP contribution is 2.38. The molecule has 1 atom stereocenters. The quantitative estimate of drug-likeness (QED) is 0.287. The van der Waals surface area contributed by atoms with Crippen LogP contribution < -0.4 is 0 Å². The number of alkyl halides is 3. The van der Waals surface area contributed by atoms with Gasteiger partial charge >= 0.3 is 12.3 Å². The van der Waals surface area contributed by atoms with E-state index in [0.717, 1.165) is 29.0 Å². The Hall–Kier alpha value is -2.85. The monoisotopic (exact) mass is 538 g/mol. The predicted molar refractivity (Wildman–Crippen MR) is 121 cm³/mol. The first-order chi connectivity index (χ1) is 16.2. The number of hydrogen-bond acceptors (Lipinski definition) is 2. The van der Waals surface area contributed by atoms with Crippen LogP contribution in [0.2, 0.25) is 10.0 Å². The summed E-state index contributed by atoms with van der Waals surface area (Å²) in [5.74, 6) is -3.66. The van der Waals surface area contributed by atoms with Crippen LogP contribution >= 0.6 is 23.2 Å². The molecule has 2 amide bonds. The summed E-state index contributed by atoms with van der Waals surface area (Å²) in [5, 5.41) is 10.3. The first kappa shape index (κ1) is 28.4. The lowest BCUT2D eigenvalue weighted by atomic mass is 9.83. The molecule has 0 saturated carbocycles. The summed E-state index contributed by atoms with van der Waals surface area (Å²) in [5.41, 5.74) is -1.46. The van der Waals surface area contributed by atoms with E-state index in [0.29, 0.717) is 0 Å². The Morgan fingerprint density at radius 3 is 2.23 bits per heavy atom. The number of benzene rings is 2. The third kappa shape index (κ3) is 7.08. The SMILES string of the molecule is C=CC[C@@](CN(C)C(=O)CC(F)(F)F)(c1ccc(Cl)c(Cl)c1)N(Cc1ccc(F)c(F)c1)C(=O)O. The van der Waals surface area contributed by atoms with Gasteiger partial charge in [0.1, 0.15) is 6.42 Å². The molecule has 0 heterocycles. The minimum atomic E-state index is -4.78. The van der Waals surface area contributed by atoms with Crippen molar-refractivity contribution in [1.82, 2.24) is 9.80 Å². The molecule has 0 unspecified atom stereocenters. The smallest absolute Gasteiger partial charge is 0.408 e. The van der Waals surface area contributed by atoms with Crippen molar-refractivity contribution in [2.24, 2.45) is 0 Å². The van der Waals surface area contributed by atoms with Gasteiger partial charge in [0.25, 0.3) is 0 Å². The standard InChI is InChI=1S/C23H21Cl2F5N2O3/c1-3-8-22(15-5-6-16(24)17(25)10-15,13-31(2)20(33)11-23(28,29)30)32(21(34)35)12-14-4-7-18(26)19(27)9-14/h3-7,9-10H,1,8,11-13H2,2H3,(H,34,35)/t22-/m1/s1. The Morgan fingerprint density at radius 2 is 1.71 bits per heavy atom. The average molecular weight is 539 g/mol. The minimum Gasteiger partial charge on any atom is -0.465 e. The largest absolute Gasteiger partial charge is 0.465 e. The Balaban J connectivity index is 2.68. The number of rotatable bonds is 9. The molecule has 0 spiro atoms. The molecule has 0 aliphatic heterocycles. The fourth-order valence-electron chi connectivity index (χ4n) is 3.66. The Kier molecular flexibility index (Phi) is 9.13. The van der Waals surface area contributed by atoms with E-state index in [1.807, 2.05) is 0 Å². The van der Waals surface area contributed by atoms with Crippen LogP contribution in [0.5, 0.6) is 0 Å². The van der Waals surface area contributed by atoms with Gasteiger partial charge in [-0.25, -0.2) is 13.6 Å². The van der Waals surface area contributed by atoms with Gasteiger partial charge in [-0.2, -0.15) is 13.2 Å². The number of amides is 2. The topological polar surface area (TPSA) is 60.9 Å². The summed E-state index contributed by atoms with van der Waals surface area (Å²) < 4.78 is 65.8. The number of likely N-dealkylation sites (N-methyl/N-ethyl adjacent to an activating group) is 1. The molecule has 0 bridgehead atoms. The second kappa shape index (κ2) is 11.3. The van der Waals surface area contributed by atoms with Crippen molar-refractivity contribution in [1.29, 1.82) is 0 Å². The molecule has 0 aromatic heterocycles. The van der Waals surface area contributed by atoms with Crippen LogP contribution in [0.3, 0.4) is 0 Å². The summed E-state index contributed by atoms with van der Waals surface area (Å²) in [6, 6.07) is 6.90. The van der Waals surface area contributed by atoms with Crippen molar-refractivity contribution >= 4 is 35.2 Å². The predicted octanol–water partition coefficient (Wildman–Crippen LogP) is 6.63. The second-order valence-corrected chi connectivity index (χ2v) is 8.63. The molecule has 0 aliphatic rings. The lowest BCUT2D eigenvalue weighted by Gasteiger charge is -2.45. The highest BCUT2D eigenvalue weighted by atomic mass is 35.5. The van der Waals surface area contributed by atoms with Crippen LogP contribution in [0.25, 0.3) is 0 Å². The first-order valence-electron chi connectivity index (χ1n) is 10.0. The van der Waals surface area contributed by atoms with E-state index < -0.39 is 54.9 Å². The average Bonchev–Trinajstić information content (AvgIpc) is 2.74. The van der Waals surface area contributed by atoms with Gasteiger partial charge in [0.15, 0.2) is 11.6 Å². The van der Waals surface area contributed by atoms with Crippen LogP contribution in [-0.2, 0) is 16.9 Å². The molecule has 2 aromatic carbocycles. The molecule has 190 valence electrons. The Morgan fingerprint density at radius 1 is 1.06 bits per heavy atom. The van der Waals surface area contributed by atoms with Crippen LogP contribution in [0.1, 0.15) is 24.0 Å². The van der Waals surface area contributed by atoms with Gasteiger partial charge < -0.3 is 10.0 Å². The van der Waals surface area contributed by atoms with Gasteiger partial charge in [0.2, 0.25) is 5.91 Å². The van der Waals surface area contributed by atoms with Crippen molar-refractivity contribution in [3.8, 4) is 0 Å². The lowest BCUT2D eigenvalue weighted by molar-refractivity contribution is -0.161. The van der Waals surface area contributed by atoms with Gasteiger partial charge in [-0.15, -0.1) is 6.58 Å². The zero-order valence-electron chi connectivity index (χ0n) is 18.4. The van der Waals surface area contributed by atoms with Crippen LogP contribution in [0.4, 0.5) is 26.7 Å². The van der Waals surface area contributed by atoms with E-state index in [2.05, 4.69) is 6.58 Å². The lowest BCUT2D eigenvalue weighted by Crippen LogP contribution is -2.55. The zero-order chi connectivity index (χ0) is 26.6. The summed E-state index contributed by atoms with van der Waals surface area (Å²) in [7, 11) is 1.10. The second-order valence-electron chi connectivity index (χ2n) is 7.81. The molecule has 2 aromatic rings. The van der Waals surface area contributed by atoms with Gasteiger partial charge in [-0.3, -0.25) is 9.69 Å². The number of carbonyl (C=O) groups excluding carboxylic acids is 1. The summed E-state index contributed by atoms with van der Waals surface area (Å²) >= 11 is 12.1. The van der Waals surface area contributed by atoms with Gasteiger partial charge in [-0.1, -0.05) is 41.4 Å². The number of halogens is 7. The minimum absolute atomic E-state index is 0.0278. The maximum atomic E-state index is 13.8. The van der Waals surface area contributed by atoms with Crippen LogP contribution in [0.15, 0.2) is 49.1 Å². The third-order valence-electron chi connectivity index (χ3n) is 5.29. The molecular formula is C23H21Cl2F5N2O3. The maximum Gasteiger partial charge on any atom is 0.408 e. The number of hydrogen-bond donors (Lipinski definition) is 1. The van der Waals surface area contributed by atoms with E-state index in [-0.39, 0.29) is 27.6 Å². The maximum absolute atomic E-state index is 13.8. The molecule has 1 N–H and O–H groups in total. The summed E-state index contributed by atoms with van der Waals surface area (Å²) in [6.45, 7) is 2.59. The molecular weight excluding hydrogens is 518 g/mol. The first-order valence-corrected chi connectivity index (χ1v) is 10.8. The Labute approximate surface area is 208 Å². The number of carbonyl (C=O) groups is 2. The van der Waals surface area contributed by atoms with E-state index in [9.17, 15) is 36.6 Å². The van der Waals surface area contributed by atoms with Crippen molar-refractivity contribution < 1.29 is 36.6 Å². The van der Waals surface area contributed by atoms with Crippen molar-refractivity contribution in [2.75, 3.05) is 13.6 Å². The van der Waals surface area contributed by atoms with Gasteiger partial charge in [0.05, 0.1) is 22.1 Å². The highest BCUT2D eigenvalue weighted by molar-refractivity contribution is 6.42. The van der Waals surface area contributed by atoms with Crippen molar-refractivity contribution in [2.45, 2.75) is 31.1 Å². The summed E-state index contributed by atoms with van der Waals surface area (Å²) in [6.07, 6.45) is -6.94. The molecule has 0 aliphatic carbocycles. The number of nitrogens with zero attached hydrogens (tertiary/aromatic N) is 2. The fourth-order valence-corrected chi connectivity index (χ4v) is 3.96. The normalized spacial score (nSPS) is 13.1. The molecule has 0 fully saturated rings. The third-order valence-corrected chi connectivity index (χ3v) is 6.03. The van der Waals surface area contributed by atoms with Crippen LogP contribution in [-0.4, -0.2) is 46.7 Å². The molecule has 0 radical (unpaired) electrons. The molecule has 0 saturated heterocycles. The molecule has 12 heteroatoms. The van der Waals surface area contributed by atoms with Gasteiger partial charge in [0, 0.05) is 13.6 Å². The highest BCUT2D eigenvalue weighted by Gasteiger charge is 2.44. The number of carboxylic acid groups (broad SMARTS) is 1. The fraction of sp³-hybridized carbons (Fsp3) is 0.304. The Bertz CT molecular complexity index is 1110. The van der Waals surface area contributed by atoms with Gasteiger partial charge in [-0.05, 0) is 41.8 Å². The van der Waals surface area contributed by atoms with Crippen molar-refractivity contribution in [3.63, 3.8) is 0 Å². The molecule has 2 rings (SSSR count). The van der Waals surface area contributed by atoms with E-state index in [1.54, 1.807) is 0 Å². The molecule has 35 heavy (non-hydrogen) atoms. The summed E-state index contributed by atoms with van der Waals surface area (Å²) in [4.78, 5) is 26.3.